The zero-order valence-electron chi connectivity index (χ0n) is 7.13. The van der Waals surface area contributed by atoms with Crippen molar-refractivity contribution in [1.29, 1.82) is 0 Å². The maximum atomic E-state index is 12.8. The van der Waals surface area contributed by atoms with Gasteiger partial charge in [0.1, 0.15) is 5.82 Å². The van der Waals surface area contributed by atoms with E-state index in [1.807, 2.05) is 0 Å². The van der Waals surface area contributed by atoms with E-state index in [2.05, 4.69) is 11.9 Å². The molecule has 1 amide bonds. The number of ketones is 1. The Morgan fingerprint density at radius 3 is 2.71 bits per heavy atom. The summed E-state index contributed by atoms with van der Waals surface area (Å²) in [5, 5.41) is 2.38. The standard InChI is InChI=1S/C10H6FNO2/c1-5-9(13)7-3-2-6(11)4-8(7)12-10(5)14/h2-4H,1H2,(H,12,14). The highest BCUT2D eigenvalue weighted by Gasteiger charge is 2.26. The van der Waals surface area contributed by atoms with Gasteiger partial charge in [-0.2, -0.15) is 0 Å². The number of hydrogen-bond donors (Lipinski definition) is 1. The van der Waals surface area contributed by atoms with Crippen LogP contribution in [-0.2, 0) is 4.79 Å². The van der Waals surface area contributed by atoms with Crippen LogP contribution in [0.2, 0.25) is 0 Å². The highest BCUT2D eigenvalue weighted by Crippen LogP contribution is 2.24. The lowest BCUT2D eigenvalue weighted by Crippen LogP contribution is -2.26. The minimum absolute atomic E-state index is 0.121. The molecule has 0 saturated carbocycles. The number of Topliss-reactive ketones (excluding diaryl/α,β-unsaturated/α-hetero) is 1. The minimum Gasteiger partial charge on any atom is -0.321 e. The van der Waals surface area contributed by atoms with E-state index in [0.29, 0.717) is 0 Å². The number of benzene rings is 1. The van der Waals surface area contributed by atoms with Crippen molar-refractivity contribution in [2.75, 3.05) is 5.32 Å². The lowest BCUT2D eigenvalue weighted by Gasteiger charge is -2.16. The van der Waals surface area contributed by atoms with E-state index < -0.39 is 17.5 Å². The smallest absolute Gasteiger partial charge is 0.259 e. The highest BCUT2D eigenvalue weighted by atomic mass is 19.1. The molecule has 0 unspecified atom stereocenters. The molecule has 1 N–H and O–H groups in total. The molecule has 1 aliphatic rings. The van der Waals surface area contributed by atoms with E-state index in [1.54, 1.807) is 0 Å². The number of rotatable bonds is 0. The van der Waals surface area contributed by atoms with Gasteiger partial charge in [0.15, 0.2) is 5.78 Å². The van der Waals surface area contributed by atoms with Crippen LogP contribution in [0.15, 0.2) is 30.4 Å². The fourth-order valence-electron chi connectivity index (χ4n) is 1.28. The number of fused-ring (bicyclic) bond motifs is 1. The van der Waals surface area contributed by atoms with Gasteiger partial charge in [-0.1, -0.05) is 6.58 Å². The third kappa shape index (κ3) is 1.12. The average Bonchev–Trinajstić information content (AvgIpc) is 2.14. The maximum Gasteiger partial charge on any atom is 0.259 e. The number of carbonyl (C=O) groups excluding carboxylic acids is 2. The fourth-order valence-corrected chi connectivity index (χ4v) is 1.28. The molecule has 2 rings (SSSR count). The summed E-state index contributed by atoms with van der Waals surface area (Å²) in [6.07, 6.45) is 0. The van der Waals surface area contributed by atoms with Crippen molar-refractivity contribution in [3.05, 3.63) is 41.7 Å². The van der Waals surface area contributed by atoms with Gasteiger partial charge in [-0.15, -0.1) is 0 Å². The molecule has 0 atom stereocenters. The lowest BCUT2D eigenvalue weighted by molar-refractivity contribution is -0.112. The summed E-state index contributed by atoms with van der Waals surface area (Å²) in [5.74, 6) is -1.53. The predicted molar refractivity (Wildman–Crippen MR) is 48.5 cm³/mol. The first-order chi connectivity index (χ1) is 6.59. The molecule has 0 bridgehead atoms. The second kappa shape index (κ2) is 2.77. The van der Waals surface area contributed by atoms with Crippen LogP contribution in [0.1, 0.15) is 10.4 Å². The molecule has 0 fully saturated rings. The Morgan fingerprint density at radius 2 is 2.00 bits per heavy atom. The predicted octanol–water partition coefficient (Wildman–Crippen LogP) is 1.52. The van der Waals surface area contributed by atoms with Crippen LogP contribution in [-0.4, -0.2) is 11.7 Å². The Kier molecular flexibility index (Phi) is 1.70. The minimum atomic E-state index is -0.576. The van der Waals surface area contributed by atoms with E-state index in [9.17, 15) is 14.0 Å². The number of anilines is 1. The second-order valence-corrected chi connectivity index (χ2v) is 2.95. The number of carbonyl (C=O) groups is 2. The molecular formula is C10H6FNO2. The van der Waals surface area contributed by atoms with Crippen molar-refractivity contribution in [3.63, 3.8) is 0 Å². The van der Waals surface area contributed by atoms with Crippen LogP contribution in [0, 0.1) is 5.82 Å². The molecular weight excluding hydrogens is 185 g/mol. The van der Waals surface area contributed by atoms with Gasteiger partial charge in [0.2, 0.25) is 0 Å². The van der Waals surface area contributed by atoms with Gasteiger partial charge in [0.25, 0.3) is 5.91 Å². The summed E-state index contributed by atoms with van der Waals surface area (Å²) in [7, 11) is 0. The summed E-state index contributed by atoms with van der Waals surface area (Å²) in [6, 6.07) is 3.61. The molecule has 0 radical (unpaired) electrons. The van der Waals surface area contributed by atoms with Gasteiger partial charge >= 0.3 is 0 Å². The average molecular weight is 191 g/mol. The SMILES string of the molecule is C=C1C(=O)Nc2cc(F)ccc2C1=O. The molecule has 0 spiro atoms. The quantitative estimate of drug-likeness (QED) is 0.499. The van der Waals surface area contributed by atoms with Gasteiger partial charge < -0.3 is 5.32 Å². The largest absolute Gasteiger partial charge is 0.321 e. The third-order valence-corrected chi connectivity index (χ3v) is 2.02. The molecule has 1 aliphatic heterocycles. The molecule has 1 heterocycles. The number of nitrogens with one attached hydrogen (secondary N) is 1. The van der Waals surface area contributed by atoms with Crippen molar-refractivity contribution in [1.82, 2.24) is 0 Å². The number of hydrogen-bond acceptors (Lipinski definition) is 2. The lowest BCUT2D eigenvalue weighted by atomic mass is 9.98. The normalized spacial score (nSPS) is 15.1. The van der Waals surface area contributed by atoms with Gasteiger partial charge in [-0.3, -0.25) is 9.59 Å². The van der Waals surface area contributed by atoms with Gasteiger partial charge in [0.05, 0.1) is 11.3 Å². The molecule has 14 heavy (non-hydrogen) atoms. The molecule has 0 saturated heterocycles. The summed E-state index contributed by atoms with van der Waals surface area (Å²) in [5.41, 5.74) is 0.354. The van der Waals surface area contributed by atoms with Crippen LogP contribution in [0.4, 0.5) is 10.1 Å². The Labute approximate surface area is 79.2 Å². The first-order valence-electron chi connectivity index (χ1n) is 3.94. The van der Waals surface area contributed by atoms with E-state index >= 15 is 0 Å². The second-order valence-electron chi connectivity index (χ2n) is 2.95. The topological polar surface area (TPSA) is 46.2 Å². The fraction of sp³-hybridized carbons (Fsp3) is 0. The zero-order valence-corrected chi connectivity index (χ0v) is 7.13. The monoisotopic (exact) mass is 191 g/mol. The van der Waals surface area contributed by atoms with Crippen molar-refractivity contribution in [3.8, 4) is 0 Å². The summed E-state index contributed by atoms with van der Waals surface area (Å²) in [6.45, 7) is 3.34. The first-order valence-corrected chi connectivity index (χ1v) is 3.94. The van der Waals surface area contributed by atoms with Gasteiger partial charge in [-0.25, -0.2) is 4.39 Å². The highest BCUT2D eigenvalue weighted by molar-refractivity contribution is 6.33. The number of amides is 1. The molecule has 1 aromatic rings. The summed E-state index contributed by atoms with van der Waals surface area (Å²) < 4.78 is 12.8. The third-order valence-electron chi connectivity index (χ3n) is 2.02. The number of halogens is 1. The molecule has 0 aliphatic carbocycles. The van der Waals surface area contributed by atoms with Crippen LogP contribution < -0.4 is 5.32 Å². The zero-order chi connectivity index (χ0) is 10.3. The van der Waals surface area contributed by atoms with Crippen molar-refractivity contribution in [2.45, 2.75) is 0 Å². The summed E-state index contributed by atoms with van der Waals surface area (Å²) in [4.78, 5) is 22.6. The van der Waals surface area contributed by atoms with E-state index in [-0.39, 0.29) is 16.8 Å². The molecule has 3 nitrogen and oxygen atoms in total. The Hall–Kier alpha value is -1.97. The first kappa shape index (κ1) is 8.62. The van der Waals surface area contributed by atoms with E-state index in [1.165, 1.54) is 12.1 Å². The molecule has 0 aromatic heterocycles. The molecule has 1 aromatic carbocycles. The Bertz CT molecular complexity index is 465. The van der Waals surface area contributed by atoms with Crippen LogP contribution in [0.3, 0.4) is 0 Å². The van der Waals surface area contributed by atoms with Crippen LogP contribution >= 0.6 is 0 Å². The van der Waals surface area contributed by atoms with Crippen molar-refractivity contribution >= 4 is 17.4 Å². The van der Waals surface area contributed by atoms with Crippen LogP contribution in [0.25, 0.3) is 0 Å². The Balaban J connectivity index is 2.62. The van der Waals surface area contributed by atoms with Crippen molar-refractivity contribution < 1.29 is 14.0 Å². The van der Waals surface area contributed by atoms with E-state index in [0.717, 1.165) is 6.07 Å². The molecule has 4 heteroatoms. The van der Waals surface area contributed by atoms with E-state index in [4.69, 9.17) is 0 Å². The Morgan fingerprint density at radius 1 is 1.29 bits per heavy atom. The van der Waals surface area contributed by atoms with Crippen LogP contribution in [0.5, 0.6) is 0 Å². The van der Waals surface area contributed by atoms with Crippen molar-refractivity contribution in [2.24, 2.45) is 0 Å². The van der Waals surface area contributed by atoms with Gasteiger partial charge in [-0.05, 0) is 18.2 Å². The summed E-state index contributed by atoms with van der Waals surface area (Å²) >= 11 is 0. The van der Waals surface area contributed by atoms with Gasteiger partial charge in [0, 0.05) is 5.56 Å². The maximum absolute atomic E-state index is 12.8. The molecule has 70 valence electrons.